The van der Waals surface area contributed by atoms with Crippen LogP contribution in [0.5, 0.6) is 0 Å². The van der Waals surface area contributed by atoms with E-state index in [9.17, 15) is 23.6 Å². The Hall–Kier alpha value is -3.03. The van der Waals surface area contributed by atoms with Crippen LogP contribution in [-0.2, 0) is 25.7 Å². The number of likely N-dealkylation sites (tertiary alicyclic amines) is 1. The largest absolute Gasteiger partial charge is 0.354 e. The van der Waals surface area contributed by atoms with E-state index >= 15 is 0 Å². The highest BCUT2D eigenvalue weighted by Crippen LogP contribution is 2.35. The molecule has 0 radical (unpaired) electrons. The fourth-order valence-electron chi connectivity index (χ4n) is 4.21. The van der Waals surface area contributed by atoms with Crippen LogP contribution in [-0.4, -0.2) is 52.6 Å². The summed E-state index contributed by atoms with van der Waals surface area (Å²) >= 11 is 0. The number of allylic oxidation sites excluding steroid dienone is 2. The van der Waals surface area contributed by atoms with Gasteiger partial charge in [0.2, 0.25) is 23.6 Å². The number of rotatable bonds is 9. The Labute approximate surface area is 187 Å². The number of amides is 4. The summed E-state index contributed by atoms with van der Waals surface area (Å²) in [5.41, 5.74) is 0.681. The number of nitrogens with one attached hydrogen (secondary N) is 1. The molecule has 1 saturated heterocycles. The van der Waals surface area contributed by atoms with Crippen molar-refractivity contribution in [3.05, 3.63) is 47.8 Å². The fourth-order valence-corrected chi connectivity index (χ4v) is 4.21. The van der Waals surface area contributed by atoms with Crippen LogP contribution in [0.3, 0.4) is 0 Å². The van der Waals surface area contributed by atoms with E-state index in [1.165, 1.54) is 21.9 Å². The van der Waals surface area contributed by atoms with E-state index in [-0.39, 0.29) is 60.8 Å². The number of halogens is 1. The highest BCUT2D eigenvalue weighted by molar-refractivity contribution is 6.05. The van der Waals surface area contributed by atoms with Gasteiger partial charge < -0.3 is 10.2 Å². The first kappa shape index (κ1) is 23.6. The SMILES string of the molecule is CCCNC(=O)[C@@H](C)N(Cc1ccc(F)cc1)C(=O)CCN1C(=O)[C@H]2CC=CC[C@H]2C1=O. The van der Waals surface area contributed by atoms with Gasteiger partial charge in [0.1, 0.15) is 11.9 Å². The Morgan fingerprint density at radius 3 is 2.28 bits per heavy atom. The Kier molecular flexibility index (Phi) is 7.77. The zero-order chi connectivity index (χ0) is 23.3. The summed E-state index contributed by atoms with van der Waals surface area (Å²) in [5, 5.41) is 2.79. The van der Waals surface area contributed by atoms with Crippen LogP contribution in [0.1, 0.15) is 45.1 Å². The minimum atomic E-state index is -0.754. The molecule has 0 unspecified atom stereocenters. The second-order valence-electron chi connectivity index (χ2n) is 8.35. The normalized spacial score (nSPS) is 20.8. The van der Waals surface area contributed by atoms with Crippen molar-refractivity contribution >= 4 is 23.6 Å². The van der Waals surface area contributed by atoms with Gasteiger partial charge in [-0.2, -0.15) is 0 Å². The summed E-state index contributed by atoms with van der Waals surface area (Å²) in [5.74, 6) is -2.14. The van der Waals surface area contributed by atoms with Crippen molar-refractivity contribution in [3.8, 4) is 0 Å². The first-order valence-corrected chi connectivity index (χ1v) is 11.1. The molecule has 1 N–H and O–H groups in total. The van der Waals surface area contributed by atoms with Gasteiger partial charge in [-0.3, -0.25) is 24.1 Å². The number of hydrogen-bond donors (Lipinski definition) is 1. The summed E-state index contributed by atoms with van der Waals surface area (Å²) < 4.78 is 13.3. The molecule has 3 atom stereocenters. The number of nitrogens with zero attached hydrogens (tertiary/aromatic N) is 2. The van der Waals surface area contributed by atoms with Crippen LogP contribution in [0.15, 0.2) is 36.4 Å². The quantitative estimate of drug-likeness (QED) is 0.469. The number of fused-ring (bicyclic) bond motifs is 1. The molecule has 0 saturated carbocycles. The van der Waals surface area contributed by atoms with Crippen LogP contribution < -0.4 is 5.32 Å². The lowest BCUT2D eigenvalue weighted by molar-refractivity contribution is -0.143. The van der Waals surface area contributed by atoms with Crippen LogP contribution in [0.25, 0.3) is 0 Å². The number of carbonyl (C=O) groups is 4. The third-order valence-electron chi connectivity index (χ3n) is 6.13. The third kappa shape index (κ3) is 5.23. The van der Waals surface area contributed by atoms with E-state index in [0.717, 1.165) is 6.42 Å². The van der Waals surface area contributed by atoms with Crippen LogP contribution in [0.2, 0.25) is 0 Å². The lowest BCUT2D eigenvalue weighted by Crippen LogP contribution is -2.48. The lowest BCUT2D eigenvalue weighted by Gasteiger charge is -2.29. The molecular weight excluding hydrogens is 413 g/mol. The maximum Gasteiger partial charge on any atom is 0.242 e. The van der Waals surface area contributed by atoms with Gasteiger partial charge in [0.25, 0.3) is 0 Å². The lowest BCUT2D eigenvalue weighted by atomic mass is 9.85. The molecule has 3 rings (SSSR count). The van der Waals surface area contributed by atoms with Gasteiger partial charge >= 0.3 is 0 Å². The van der Waals surface area contributed by atoms with Crippen LogP contribution >= 0.6 is 0 Å². The number of carbonyl (C=O) groups excluding carboxylic acids is 4. The molecule has 32 heavy (non-hydrogen) atoms. The summed E-state index contributed by atoms with van der Waals surface area (Å²) in [6.07, 6.45) is 5.62. The number of benzene rings is 1. The van der Waals surface area contributed by atoms with Crippen molar-refractivity contribution in [2.24, 2.45) is 11.8 Å². The molecule has 1 heterocycles. The van der Waals surface area contributed by atoms with Crippen molar-refractivity contribution in [3.63, 3.8) is 0 Å². The third-order valence-corrected chi connectivity index (χ3v) is 6.13. The second-order valence-corrected chi connectivity index (χ2v) is 8.35. The summed E-state index contributed by atoms with van der Waals surface area (Å²) in [7, 11) is 0. The van der Waals surface area contributed by atoms with Gasteiger partial charge in [0.05, 0.1) is 11.8 Å². The van der Waals surface area contributed by atoms with Crippen molar-refractivity contribution < 1.29 is 23.6 Å². The average molecular weight is 444 g/mol. The molecule has 1 aliphatic carbocycles. The van der Waals surface area contributed by atoms with Gasteiger partial charge in [0, 0.05) is 26.1 Å². The van der Waals surface area contributed by atoms with Crippen molar-refractivity contribution in [1.29, 1.82) is 0 Å². The molecule has 2 aliphatic rings. The highest BCUT2D eigenvalue weighted by atomic mass is 19.1. The zero-order valence-electron chi connectivity index (χ0n) is 18.6. The molecular formula is C24H30FN3O4. The Bertz CT molecular complexity index is 873. The average Bonchev–Trinajstić information content (AvgIpc) is 3.04. The molecule has 1 fully saturated rings. The van der Waals surface area contributed by atoms with Crippen LogP contribution in [0, 0.1) is 17.7 Å². The van der Waals surface area contributed by atoms with Crippen LogP contribution in [0.4, 0.5) is 4.39 Å². The summed E-state index contributed by atoms with van der Waals surface area (Å²) in [4.78, 5) is 53.6. The van der Waals surface area contributed by atoms with Crippen molar-refractivity contribution in [2.45, 2.75) is 52.1 Å². The first-order valence-electron chi connectivity index (χ1n) is 11.1. The molecule has 1 aromatic carbocycles. The Morgan fingerprint density at radius 1 is 1.12 bits per heavy atom. The maximum absolute atomic E-state index is 13.3. The van der Waals surface area contributed by atoms with E-state index < -0.39 is 6.04 Å². The summed E-state index contributed by atoms with van der Waals surface area (Å²) in [6.45, 7) is 4.18. The molecule has 172 valence electrons. The van der Waals surface area contributed by atoms with Crippen molar-refractivity contribution in [1.82, 2.24) is 15.1 Å². The minimum Gasteiger partial charge on any atom is -0.354 e. The van der Waals surface area contributed by atoms with E-state index in [1.54, 1.807) is 19.1 Å². The monoisotopic (exact) mass is 443 g/mol. The number of hydrogen-bond acceptors (Lipinski definition) is 4. The molecule has 0 aromatic heterocycles. The van der Waals surface area contributed by atoms with E-state index in [4.69, 9.17) is 0 Å². The van der Waals surface area contributed by atoms with Gasteiger partial charge in [-0.05, 0) is 43.9 Å². The smallest absolute Gasteiger partial charge is 0.242 e. The predicted octanol–water partition coefficient (Wildman–Crippen LogP) is 2.41. The predicted molar refractivity (Wildman–Crippen MR) is 116 cm³/mol. The zero-order valence-corrected chi connectivity index (χ0v) is 18.6. The highest BCUT2D eigenvalue weighted by Gasteiger charge is 2.47. The van der Waals surface area contributed by atoms with Crippen molar-refractivity contribution in [2.75, 3.05) is 13.1 Å². The molecule has 1 aliphatic heterocycles. The van der Waals surface area contributed by atoms with E-state index in [1.807, 2.05) is 19.1 Å². The van der Waals surface area contributed by atoms with Gasteiger partial charge in [-0.15, -0.1) is 0 Å². The maximum atomic E-state index is 13.3. The van der Waals surface area contributed by atoms with E-state index in [0.29, 0.717) is 24.9 Å². The van der Waals surface area contributed by atoms with E-state index in [2.05, 4.69) is 5.32 Å². The second kappa shape index (κ2) is 10.5. The fraction of sp³-hybridized carbons (Fsp3) is 0.500. The molecule has 0 bridgehead atoms. The molecule has 8 heteroatoms. The van der Waals surface area contributed by atoms with Gasteiger partial charge in [-0.1, -0.05) is 31.2 Å². The number of imide groups is 1. The molecule has 0 spiro atoms. The van der Waals surface area contributed by atoms with Gasteiger partial charge in [-0.25, -0.2) is 4.39 Å². The topological polar surface area (TPSA) is 86.8 Å². The molecule has 7 nitrogen and oxygen atoms in total. The first-order chi connectivity index (χ1) is 15.3. The standard InChI is InChI=1S/C24H30FN3O4/c1-3-13-26-22(30)16(2)28(15-17-8-10-18(25)11-9-17)21(29)12-14-27-23(31)19-6-4-5-7-20(19)24(27)32/h4-5,8-11,16,19-20H,3,6-7,12-15H2,1-2H3,(H,26,30)/t16-,19-,20+/m1/s1. The summed E-state index contributed by atoms with van der Waals surface area (Å²) in [6, 6.07) is 4.99. The molecule has 1 aromatic rings. The van der Waals surface area contributed by atoms with Gasteiger partial charge in [0.15, 0.2) is 0 Å². The Morgan fingerprint density at radius 2 is 1.72 bits per heavy atom. The minimum absolute atomic E-state index is 0.00723. The molecule has 4 amide bonds. The Balaban J connectivity index is 1.70.